The topological polar surface area (TPSA) is 79.6 Å². The lowest BCUT2D eigenvalue weighted by molar-refractivity contribution is 0.0963. The highest BCUT2D eigenvalue weighted by Gasteiger charge is 2.28. The fraction of sp³-hybridized carbons (Fsp3) is 0.150. The molecule has 0 radical (unpaired) electrons. The Labute approximate surface area is 167 Å². The Hall–Kier alpha value is -2.77. The minimum atomic E-state index is -3.82. The van der Waals surface area contributed by atoms with Crippen LogP contribution in [0.4, 0.5) is 11.4 Å². The largest absolute Gasteiger partial charge is 0.459 e. The molecule has 1 amide bonds. The highest BCUT2D eigenvalue weighted by Crippen LogP contribution is 2.33. The Balaban J connectivity index is 1.65. The summed E-state index contributed by atoms with van der Waals surface area (Å²) in [6, 6.07) is 13.2. The average molecular weight is 417 g/mol. The monoisotopic (exact) mass is 416 g/mol. The Morgan fingerprint density at radius 1 is 1.18 bits per heavy atom. The third kappa shape index (κ3) is 3.39. The lowest BCUT2D eigenvalue weighted by atomic mass is 10.1. The first kappa shape index (κ1) is 18.6. The second-order valence-corrected chi connectivity index (χ2v) is 8.63. The summed E-state index contributed by atoms with van der Waals surface area (Å²) in [7, 11) is -3.82. The van der Waals surface area contributed by atoms with Crippen LogP contribution in [0, 0.1) is 6.92 Å². The van der Waals surface area contributed by atoms with Gasteiger partial charge in [0.25, 0.3) is 15.9 Å². The lowest BCUT2D eigenvalue weighted by Gasteiger charge is -2.17. The van der Waals surface area contributed by atoms with Crippen molar-refractivity contribution in [3.63, 3.8) is 0 Å². The van der Waals surface area contributed by atoms with Gasteiger partial charge in [-0.1, -0.05) is 23.7 Å². The van der Waals surface area contributed by atoms with Gasteiger partial charge >= 0.3 is 0 Å². The van der Waals surface area contributed by atoms with Crippen molar-refractivity contribution in [3.05, 3.63) is 76.7 Å². The van der Waals surface area contributed by atoms with Gasteiger partial charge in [0.1, 0.15) is 0 Å². The Kier molecular flexibility index (Phi) is 4.64. The van der Waals surface area contributed by atoms with Crippen LogP contribution >= 0.6 is 11.6 Å². The number of benzene rings is 2. The Morgan fingerprint density at radius 3 is 2.75 bits per heavy atom. The van der Waals surface area contributed by atoms with Gasteiger partial charge in [-0.05, 0) is 60.9 Å². The molecular formula is C20H17ClN2O4S. The number of furan rings is 1. The first-order valence-electron chi connectivity index (χ1n) is 8.62. The fourth-order valence-corrected chi connectivity index (χ4v) is 4.82. The maximum atomic E-state index is 12.8. The van der Waals surface area contributed by atoms with Crippen LogP contribution in [-0.2, 0) is 16.4 Å². The van der Waals surface area contributed by atoms with Crippen molar-refractivity contribution in [2.75, 3.05) is 16.2 Å². The number of fused-ring (bicyclic) bond motifs is 1. The maximum Gasteiger partial charge on any atom is 0.293 e. The van der Waals surface area contributed by atoms with Gasteiger partial charge in [-0.2, -0.15) is 0 Å². The molecule has 3 aromatic rings. The summed E-state index contributed by atoms with van der Waals surface area (Å²) in [5.74, 6) is -0.0113. The molecule has 0 unspecified atom stereocenters. The van der Waals surface area contributed by atoms with Gasteiger partial charge in [0.05, 0.1) is 16.8 Å². The minimum Gasteiger partial charge on any atom is -0.459 e. The summed E-state index contributed by atoms with van der Waals surface area (Å²) in [6.07, 6.45) is 2.14. The van der Waals surface area contributed by atoms with Crippen molar-refractivity contribution < 1.29 is 17.6 Å². The predicted octanol–water partition coefficient (Wildman–Crippen LogP) is 4.25. The second-order valence-electron chi connectivity index (χ2n) is 6.54. The standard InChI is InChI=1S/C20H17ClN2O4S/c1-13-4-6-15(21)11-19(13)28(25,26)22-16-7-5-14-8-9-23(17(14)12-16)20(24)18-3-2-10-27-18/h2-7,10-12,22H,8-9H2,1H3. The molecule has 28 heavy (non-hydrogen) atoms. The van der Waals surface area contributed by atoms with E-state index in [0.717, 1.165) is 5.56 Å². The van der Waals surface area contributed by atoms with E-state index >= 15 is 0 Å². The Bertz CT molecular complexity index is 1160. The molecule has 4 rings (SSSR count). The third-order valence-electron chi connectivity index (χ3n) is 4.65. The van der Waals surface area contributed by atoms with E-state index in [1.54, 1.807) is 48.2 Å². The zero-order valence-corrected chi connectivity index (χ0v) is 16.5. The summed E-state index contributed by atoms with van der Waals surface area (Å²) in [4.78, 5) is 14.4. The summed E-state index contributed by atoms with van der Waals surface area (Å²) >= 11 is 5.96. The van der Waals surface area contributed by atoms with Crippen LogP contribution in [0.2, 0.25) is 5.02 Å². The highest BCUT2D eigenvalue weighted by molar-refractivity contribution is 7.92. The molecule has 0 spiro atoms. The molecule has 2 aromatic carbocycles. The molecule has 144 valence electrons. The van der Waals surface area contributed by atoms with E-state index in [1.165, 1.54) is 12.3 Å². The second kappa shape index (κ2) is 7.00. The molecule has 6 nitrogen and oxygen atoms in total. The molecule has 0 aliphatic carbocycles. The summed E-state index contributed by atoms with van der Waals surface area (Å²) in [5.41, 5.74) is 2.61. The number of nitrogens with zero attached hydrogens (tertiary/aromatic N) is 1. The van der Waals surface area contributed by atoms with Crippen molar-refractivity contribution >= 4 is 38.9 Å². The molecule has 1 aromatic heterocycles. The molecule has 1 aliphatic heterocycles. The van der Waals surface area contributed by atoms with Crippen LogP contribution < -0.4 is 9.62 Å². The van der Waals surface area contributed by atoms with Gasteiger partial charge in [-0.25, -0.2) is 8.42 Å². The number of anilines is 2. The first-order chi connectivity index (χ1) is 13.3. The smallest absolute Gasteiger partial charge is 0.293 e. The van der Waals surface area contributed by atoms with E-state index < -0.39 is 10.0 Å². The molecular weight excluding hydrogens is 400 g/mol. The van der Waals surface area contributed by atoms with Gasteiger partial charge < -0.3 is 9.32 Å². The average Bonchev–Trinajstić information content (AvgIpc) is 3.32. The number of hydrogen-bond acceptors (Lipinski definition) is 4. The SMILES string of the molecule is Cc1ccc(Cl)cc1S(=O)(=O)Nc1ccc2c(c1)N(C(=O)c1ccco1)CC2. The van der Waals surface area contributed by atoms with Crippen LogP contribution in [0.5, 0.6) is 0 Å². The van der Waals surface area contributed by atoms with Crippen LogP contribution in [-0.4, -0.2) is 20.9 Å². The Morgan fingerprint density at radius 2 is 2.00 bits per heavy atom. The molecule has 1 aliphatic rings. The van der Waals surface area contributed by atoms with E-state index in [1.807, 2.05) is 6.07 Å². The molecule has 0 atom stereocenters. The highest BCUT2D eigenvalue weighted by atomic mass is 35.5. The van der Waals surface area contributed by atoms with Crippen molar-refractivity contribution in [3.8, 4) is 0 Å². The van der Waals surface area contributed by atoms with E-state index in [4.69, 9.17) is 16.0 Å². The number of aryl methyl sites for hydroxylation is 1. The van der Waals surface area contributed by atoms with Crippen LogP contribution in [0.25, 0.3) is 0 Å². The molecule has 1 N–H and O–H groups in total. The molecule has 0 bridgehead atoms. The zero-order valence-electron chi connectivity index (χ0n) is 15.0. The fourth-order valence-electron chi connectivity index (χ4n) is 3.26. The summed E-state index contributed by atoms with van der Waals surface area (Å²) in [5, 5.41) is 0.343. The predicted molar refractivity (Wildman–Crippen MR) is 108 cm³/mol. The van der Waals surface area contributed by atoms with Gasteiger partial charge in [0.2, 0.25) is 0 Å². The molecule has 0 fully saturated rings. The number of carbonyl (C=O) groups is 1. The van der Waals surface area contributed by atoms with Gasteiger partial charge in [-0.15, -0.1) is 0 Å². The van der Waals surface area contributed by atoms with E-state index in [0.29, 0.717) is 34.9 Å². The molecule has 2 heterocycles. The van der Waals surface area contributed by atoms with Gasteiger partial charge in [0.15, 0.2) is 5.76 Å². The maximum absolute atomic E-state index is 12.8. The normalized spacial score (nSPS) is 13.4. The number of halogens is 1. The quantitative estimate of drug-likeness (QED) is 0.689. The van der Waals surface area contributed by atoms with Crippen molar-refractivity contribution in [2.45, 2.75) is 18.2 Å². The van der Waals surface area contributed by atoms with Gasteiger partial charge in [-0.3, -0.25) is 9.52 Å². The third-order valence-corrected chi connectivity index (χ3v) is 6.41. The van der Waals surface area contributed by atoms with Crippen molar-refractivity contribution in [1.82, 2.24) is 0 Å². The number of amides is 1. The molecule has 0 saturated carbocycles. The van der Waals surface area contributed by atoms with E-state index in [2.05, 4.69) is 4.72 Å². The van der Waals surface area contributed by atoms with E-state index in [9.17, 15) is 13.2 Å². The number of sulfonamides is 1. The van der Waals surface area contributed by atoms with Crippen molar-refractivity contribution in [1.29, 1.82) is 0 Å². The minimum absolute atomic E-state index is 0.115. The first-order valence-corrected chi connectivity index (χ1v) is 10.5. The summed E-state index contributed by atoms with van der Waals surface area (Å²) in [6.45, 7) is 2.22. The zero-order chi connectivity index (χ0) is 19.9. The van der Waals surface area contributed by atoms with Crippen molar-refractivity contribution in [2.24, 2.45) is 0 Å². The van der Waals surface area contributed by atoms with Crippen LogP contribution in [0.1, 0.15) is 21.7 Å². The molecule has 0 saturated heterocycles. The summed E-state index contributed by atoms with van der Waals surface area (Å²) < 4.78 is 33.4. The van der Waals surface area contributed by atoms with E-state index in [-0.39, 0.29) is 16.6 Å². The number of carbonyl (C=O) groups excluding carboxylic acids is 1. The lowest BCUT2D eigenvalue weighted by Crippen LogP contribution is -2.28. The number of rotatable bonds is 4. The van der Waals surface area contributed by atoms with Gasteiger partial charge in [0, 0.05) is 17.3 Å². The number of hydrogen-bond donors (Lipinski definition) is 1. The van der Waals surface area contributed by atoms with Crippen LogP contribution in [0.15, 0.2) is 64.1 Å². The number of nitrogens with one attached hydrogen (secondary N) is 1. The van der Waals surface area contributed by atoms with Crippen LogP contribution in [0.3, 0.4) is 0 Å². The molecule has 8 heteroatoms.